The third-order valence-electron chi connectivity index (χ3n) is 5.00. The normalized spacial score (nSPS) is 21.7. The molecule has 2 amide bonds. The van der Waals surface area contributed by atoms with Crippen LogP contribution in [-0.2, 0) is 15.0 Å². The molecule has 7 nitrogen and oxygen atoms in total. The molecule has 1 aromatic heterocycles. The molecule has 2 N–H and O–H groups in total. The highest BCUT2D eigenvalue weighted by molar-refractivity contribution is 9.10. The van der Waals surface area contributed by atoms with E-state index in [4.69, 9.17) is 0 Å². The summed E-state index contributed by atoms with van der Waals surface area (Å²) in [6, 6.07) is 5.43. The van der Waals surface area contributed by atoms with Gasteiger partial charge in [-0.1, -0.05) is 15.9 Å². The van der Waals surface area contributed by atoms with Crippen molar-refractivity contribution in [3.05, 3.63) is 44.2 Å². The predicted octanol–water partition coefficient (Wildman–Crippen LogP) is 2.12. The van der Waals surface area contributed by atoms with Gasteiger partial charge in [-0.25, -0.2) is 0 Å². The highest BCUT2D eigenvalue weighted by Crippen LogP contribution is 2.51. The Morgan fingerprint density at radius 1 is 1.24 bits per heavy atom. The lowest BCUT2D eigenvalue weighted by atomic mass is 9.71. The summed E-state index contributed by atoms with van der Waals surface area (Å²) in [7, 11) is 1.67. The Hall–Kier alpha value is -2.35. The van der Waals surface area contributed by atoms with Crippen LogP contribution in [0.2, 0.25) is 0 Å². The number of aromatic nitrogens is 2. The zero-order valence-corrected chi connectivity index (χ0v) is 15.6. The van der Waals surface area contributed by atoms with E-state index in [0.717, 1.165) is 4.47 Å². The van der Waals surface area contributed by atoms with Gasteiger partial charge in [-0.3, -0.25) is 24.2 Å². The number of aromatic amines is 1. The van der Waals surface area contributed by atoms with E-state index in [1.807, 2.05) is 32.0 Å². The molecule has 4 rings (SSSR count). The topological polar surface area (TPSA) is 87.2 Å². The van der Waals surface area contributed by atoms with Gasteiger partial charge in [0.2, 0.25) is 11.8 Å². The van der Waals surface area contributed by atoms with Crippen LogP contribution in [0.1, 0.15) is 37.4 Å². The number of fused-ring (bicyclic) bond motifs is 4. The van der Waals surface area contributed by atoms with Gasteiger partial charge >= 0.3 is 0 Å². The van der Waals surface area contributed by atoms with Crippen molar-refractivity contribution >= 4 is 39.2 Å². The number of hydrogen-bond acceptors (Lipinski definition) is 3. The molecule has 2 aromatic rings. The van der Waals surface area contributed by atoms with Crippen molar-refractivity contribution in [2.75, 3.05) is 17.3 Å². The van der Waals surface area contributed by atoms with Crippen molar-refractivity contribution in [1.82, 2.24) is 9.78 Å². The van der Waals surface area contributed by atoms with E-state index in [0.29, 0.717) is 22.6 Å². The molecular formula is C17H17BrN4O3. The molecule has 0 saturated carbocycles. The van der Waals surface area contributed by atoms with E-state index < -0.39 is 5.41 Å². The van der Waals surface area contributed by atoms with Crippen LogP contribution in [0.4, 0.5) is 11.5 Å². The van der Waals surface area contributed by atoms with Gasteiger partial charge in [-0.2, -0.15) is 0 Å². The number of rotatable bonds is 1. The zero-order chi connectivity index (χ0) is 18.1. The van der Waals surface area contributed by atoms with Crippen LogP contribution in [0, 0.1) is 0 Å². The number of benzene rings is 1. The molecule has 2 aliphatic heterocycles. The maximum absolute atomic E-state index is 13.3. The van der Waals surface area contributed by atoms with Crippen molar-refractivity contribution in [3.63, 3.8) is 0 Å². The molecule has 1 aromatic carbocycles. The van der Waals surface area contributed by atoms with Gasteiger partial charge in [0.05, 0.1) is 12.0 Å². The number of halogens is 1. The molecule has 0 radical (unpaired) electrons. The lowest BCUT2D eigenvalue weighted by Crippen LogP contribution is -2.47. The van der Waals surface area contributed by atoms with Gasteiger partial charge in [0.1, 0.15) is 11.2 Å². The first-order valence-corrected chi connectivity index (χ1v) is 8.79. The summed E-state index contributed by atoms with van der Waals surface area (Å²) >= 11 is 3.44. The maximum atomic E-state index is 13.3. The maximum Gasteiger partial charge on any atom is 0.270 e. The smallest absolute Gasteiger partial charge is 0.270 e. The minimum Gasteiger partial charge on any atom is -0.314 e. The fourth-order valence-corrected chi connectivity index (χ4v) is 4.29. The van der Waals surface area contributed by atoms with Crippen LogP contribution in [0.3, 0.4) is 0 Å². The highest BCUT2D eigenvalue weighted by Gasteiger charge is 2.57. The monoisotopic (exact) mass is 404 g/mol. The first kappa shape index (κ1) is 16.1. The second kappa shape index (κ2) is 5.08. The van der Waals surface area contributed by atoms with E-state index in [1.165, 1.54) is 4.90 Å². The van der Waals surface area contributed by atoms with Crippen LogP contribution in [-0.4, -0.2) is 28.6 Å². The lowest BCUT2D eigenvalue weighted by Gasteiger charge is -2.32. The third-order valence-corrected chi connectivity index (χ3v) is 5.50. The Bertz CT molecular complexity index is 990. The number of likely N-dealkylation sites (N-methyl/N-ethyl adjacent to an activating group) is 1. The number of carbonyl (C=O) groups excluding carboxylic acids is 2. The van der Waals surface area contributed by atoms with E-state index in [9.17, 15) is 14.4 Å². The molecule has 8 heteroatoms. The third kappa shape index (κ3) is 1.94. The largest absolute Gasteiger partial charge is 0.314 e. The summed E-state index contributed by atoms with van der Waals surface area (Å²) in [6.07, 6.45) is -0.0855. The number of nitrogens with one attached hydrogen (secondary N) is 2. The van der Waals surface area contributed by atoms with Crippen LogP contribution in [0.15, 0.2) is 27.5 Å². The number of hydrogen-bond donors (Lipinski definition) is 2. The second-order valence-electron chi connectivity index (χ2n) is 6.78. The summed E-state index contributed by atoms with van der Waals surface area (Å²) in [5, 5.41) is 5.54. The van der Waals surface area contributed by atoms with Crippen molar-refractivity contribution in [2.45, 2.75) is 31.7 Å². The Morgan fingerprint density at radius 3 is 2.64 bits per heavy atom. The molecule has 0 unspecified atom stereocenters. The lowest BCUT2D eigenvalue weighted by molar-refractivity contribution is -0.126. The Balaban J connectivity index is 2.12. The molecule has 130 valence electrons. The molecule has 0 aliphatic carbocycles. The molecule has 1 atom stereocenters. The number of carbonyl (C=O) groups is 2. The standard InChI is InChI=1S/C17H17BrN4O3/c1-8(2)22-14-13(15(24)20-22)17(7-12(23)19-14)10-6-9(18)4-5-11(10)21(3)16(17)25/h4-6,8H,7H2,1-3H3,(H,19,23)(H,20,24)/t17-/m1/s1. The van der Waals surface area contributed by atoms with Gasteiger partial charge in [0.25, 0.3) is 5.56 Å². The van der Waals surface area contributed by atoms with Gasteiger partial charge in [-0.15, -0.1) is 0 Å². The van der Waals surface area contributed by atoms with Crippen LogP contribution in [0.25, 0.3) is 0 Å². The second-order valence-corrected chi connectivity index (χ2v) is 7.70. The Labute approximate surface area is 152 Å². The summed E-state index contributed by atoms with van der Waals surface area (Å²) in [6.45, 7) is 3.80. The highest BCUT2D eigenvalue weighted by atomic mass is 79.9. The van der Waals surface area contributed by atoms with E-state index in [2.05, 4.69) is 26.3 Å². The first-order chi connectivity index (χ1) is 11.8. The summed E-state index contributed by atoms with van der Waals surface area (Å²) in [4.78, 5) is 40.1. The molecule has 2 aliphatic rings. The number of H-pyrrole nitrogens is 1. The average Bonchev–Trinajstić information content (AvgIpc) is 2.97. The van der Waals surface area contributed by atoms with Gasteiger partial charge in [0.15, 0.2) is 0 Å². The molecule has 0 fully saturated rings. The summed E-state index contributed by atoms with van der Waals surface area (Å²) in [5.41, 5.74) is 0.0648. The molecule has 0 bridgehead atoms. The van der Waals surface area contributed by atoms with Crippen LogP contribution < -0.4 is 15.8 Å². The molecule has 0 saturated heterocycles. The predicted molar refractivity (Wildman–Crippen MR) is 97.0 cm³/mol. The van der Waals surface area contributed by atoms with Crippen LogP contribution in [0.5, 0.6) is 0 Å². The summed E-state index contributed by atoms with van der Waals surface area (Å²) in [5.74, 6) is -0.162. The fourth-order valence-electron chi connectivity index (χ4n) is 3.93. The fraction of sp³-hybridized carbons (Fsp3) is 0.353. The van der Waals surface area contributed by atoms with Crippen molar-refractivity contribution in [2.24, 2.45) is 0 Å². The number of anilines is 2. The van der Waals surface area contributed by atoms with Gasteiger partial charge in [-0.05, 0) is 37.6 Å². The number of amides is 2. The SMILES string of the molecule is CC(C)n1[nH]c(=O)c2c1NC(=O)C[C@]21C(=O)N(C)c2ccc(Br)cc21. The van der Waals surface area contributed by atoms with Crippen LogP contribution >= 0.6 is 15.9 Å². The minimum atomic E-state index is -1.29. The van der Waals surface area contributed by atoms with Crippen molar-refractivity contribution < 1.29 is 9.59 Å². The minimum absolute atomic E-state index is 0.0666. The number of nitrogens with zero attached hydrogens (tertiary/aromatic N) is 2. The van der Waals surface area contributed by atoms with Gasteiger partial charge < -0.3 is 10.2 Å². The van der Waals surface area contributed by atoms with E-state index >= 15 is 0 Å². The van der Waals surface area contributed by atoms with Gasteiger partial charge in [0, 0.05) is 23.2 Å². The summed E-state index contributed by atoms with van der Waals surface area (Å²) < 4.78 is 2.40. The van der Waals surface area contributed by atoms with E-state index in [1.54, 1.807) is 11.7 Å². The zero-order valence-electron chi connectivity index (χ0n) is 14.0. The molecular weight excluding hydrogens is 388 g/mol. The molecule has 1 spiro atoms. The molecule has 25 heavy (non-hydrogen) atoms. The Morgan fingerprint density at radius 2 is 1.96 bits per heavy atom. The van der Waals surface area contributed by atoms with E-state index in [-0.39, 0.29) is 29.8 Å². The van der Waals surface area contributed by atoms with Crippen molar-refractivity contribution in [3.8, 4) is 0 Å². The Kier molecular flexibility index (Phi) is 3.28. The first-order valence-electron chi connectivity index (χ1n) is 8.00. The quantitative estimate of drug-likeness (QED) is 0.762. The van der Waals surface area contributed by atoms with Crippen molar-refractivity contribution in [1.29, 1.82) is 0 Å². The average molecular weight is 405 g/mol. The molecule has 3 heterocycles.